The van der Waals surface area contributed by atoms with E-state index in [1.165, 1.54) is 32.1 Å². The van der Waals surface area contributed by atoms with E-state index >= 15 is 0 Å². The third-order valence-electron chi connectivity index (χ3n) is 7.86. The van der Waals surface area contributed by atoms with Crippen molar-refractivity contribution in [1.29, 1.82) is 0 Å². The van der Waals surface area contributed by atoms with Gasteiger partial charge in [-0.1, -0.05) is 6.92 Å². The lowest BCUT2D eigenvalue weighted by molar-refractivity contribution is -0.262. The molecule has 0 spiro atoms. The van der Waals surface area contributed by atoms with Gasteiger partial charge in [-0.15, -0.1) is 0 Å². The molecule has 94 valence electrons. The summed E-state index contributed by atoms with van der Waals surface area (Å²) in [7, 11) is 0. The van der Waals surface area contributed by atoms with Crippen molar-refractivity contribution in [2.75, 3.05) is 0 Å². The first-order valence-corrected chi connectivity index (χ1v) is 7.52. The summed E-state index contributed by atoms with van der Waals surface area (Å²) in [5, 5.41) is 0. The van der Waals surface area contributed by atoms with Gasteiger partial charge in [0.25, 0.3) is 0 Å². The zero-order chi connectivity index (χ0) is 11.6. The number of hydrogen-bond acceptors (Lipinski definition) is 2. The molecule has 0 heterocycles. The van der Waals surface area contributed by atoms with Gasteiger partial charge < -0.3 is 11.5 Å². The smallest absolute Gasteiger partial charge is 0.0235 e. The molecule has 0 aromatic carbocycles. The molecule has 2 heteroatoms. The molecule has 0 aromatic heterocycles. The third kappa shape index (κ3) is 0.831. The van der Waals surface area contributed by atoms with Gasteiger partial charge in [0.1, 0.15) is 0 Å². The van der Waals surface area contributed by atoms with Crippen LogP contribution in [0.2, 0.25) is 0 Å². The van der Waals surface area contributed by atoms with Gasteiger partial charge in [-0.2, -0.15) is 0 Å². The zero-order valence-corrected chi connectivity index (χ0v) is 10.8. The lowest BCUT2D eigenvalue weighted by Gasteiger charge is -2.79. The minimum atomic E-state index is 0.112. The Kier molecular flexibility index (Phi) is 1.35. The first kappa shape index (κ1) is 9.80. The molecule has 7 aliphatic rings. The predicted molar refractivity (Wildman–Crippen MR) is 67.1 cm³/mol. The van der Waals surface area contributed by atoms with E-state index in [-0.39, 0.29) is 11.1 Å². The van der Waals surface area contributed by atoms with Crippen molar-refractivity contribution >= 4 is 0 Å². The highest BCUT2D eigenvalue weighted by Gasteiger charge is 2.75. The van der Waals surface area contributed by atoms with Crippen LogP contribution in [-0.2, 0) is 0 Å². The summed E-state index contributed by atoms with van der Waals surface area (Å²) >= 11 is 0. The second-order valence-corrected chi connectivity index (χ2v) is 8.53. The topological polar surface area (TPSA) is 52.0 Å². The summed E-state index contributed by atoms with van der Waals surface area (Å²) in [5.41, 5.74) is 14.4. The van der Waals surface area contributed by atoms with Gasteiger partial charge in [-0.25, -0.2) is 0 Å². The highest BCUT2D eigenvalue weighted by molar-refractivity contribution is 5.28. The van der Waals surface area contributed by atoms with Crippen LogP contribution in [0.3, 0.4) is 0 Å². The van der Waals surface area contributed by atoms with E-state index in [1.807, 2.05) is 0 Å². The Morgan fingerprint density at radius 3 is 2.06 bits per heavy atom. The minimum absolute atomic E-state index is 0.112. The average molecular weight is 232 g/mol. The van der Waals surface area contributed by atoms with E-state index in [0.29, 0.717) is 5.41 Å². The van der Waals surface area contributed by atoms with Crippen molar-refractivity contribution in [1.82, 2.24) is 0 Å². The van der Waals surface area contributed by atoms with Crippen LogP contribution in [0.1, 0.15) is 45.4 Å². The Hall–Kier alpha value is -0.0800. The van der Waals surface area contributed by atoms with Gasteiger partial charge in [0.05, 0.1) is 0 Å². The minimum Gasteiger partial charge on any atom is -0.325 e. The van der Waals surface area contributed by atoms with E-state index in [1.54, 1.807) is 0 Å². The maximum Gasteiger partial charge on any atom is 0.0235 e. The summed E-state index contributed by atoms with van der Waals surface area (Å²) in [5.74, 6) is 4.36. The molecule has 2 nitrogen and oxygen atoms in total. The van der Waals surface area contributed by atoms with Crippen LogP contribution >= 0.6 is 0 Å². The van der Waals surface area contributed by atoms with Crippen LogP contribution in [0, 0.1) is 35.0 Å². The normalized spacial score (nSPS) is 74.6. The van der Waals surface area contributed by atoms with Gasteiger partial charge >= 0.3 is 0 Å². The largest absolute Gasteiger partial charge is 0.325 e. The van der Waals surface area contributed by atoms with Crippen molar-refractivity contribution < 1.29 is 0 Å². The molecule has 4 unspecified atom stereocenters. The first-order chi connectivity index (χ1) is 7.95. The predicted octanol–water partition coefficient (Wildman–Crippen LogP) is 1.88. The van der Waals surface area contributed by atoms with Crippen LogP contribution in [0.15, 0.2) is 0 Å². The first-order valence-electron chi connectivity index (χ1n) is 7.52. The fourth-order valence-electron chi connectivity index (χ4n) is 7.62. The molecule has 0 saturated heterocycles. The Balaban J connectivity index is 1.76. The molecule has 7 aliphatic carbocycles. The summed E-state index contributed by atoms with van der Waals surface area (Å²) < 4.78 is 0. The Labute approximate surface area is 103 Å². The lowest BCUT2D eigenvalue weighted by atomic mass is 9.28. The summed E-state index contributed by atoms with van der Waals surface area (Å²) in [6.45, 7) is 2.58. The van der Waals surface area contributed by atoms with Gasteiger partial charge in [-0.05, 0) is 73.5 Å². The van der Waals surface area contributed by atoms with Gasteiger partial charge in [-0.3, -0.25) is 0 Å². The molecule has 4 atom stereocenters. The molecule has 4 N–H and O–H groups in total. The van der Waals surface area contributed by atoms with Crippen LogP contribution in [0.5, 0.6) is 0 Å². The maximum atomic E-state index is 6.92. The Bertz CT molecular complexity index is 391. The number of nitrogens with two attached hydrogens (primary N) is 2. The quantitative estimate of drug-likeness (QED) is 0.670. The fraction of sp³-hybridized carbons (Fsp3) is 1.00. The van der Waals surface area contributed by atoms with E-state index in [2.05, 4.69) is 6.92 Å². The molecule has 0 radical (unpaired) electrons. The Morgan fingerprint density at radius 2 is 1.47 bits per heavy atom. The van der Waals surface area contributed by atoms with E-state index in [9.17, 15) is 0 Å². The Morgan fingerprint density at radius 1 is 0.882 bits per heavy atom. The zero-order valence-electron chi connectivity index (χ0n) is 10.8. The second kappa shape index (κ2) is 2.34. The lowest BCUT2D eigenvalue weighted by Crippen LogP contribution is -2.82. The van der Waals surface area contributed by atoms with Crippen molar-refractivity contribution in [2.45, 2.75) is 56.5 Å². The fourth-order valence-corrected chi connectivity index (χ4v) is 7.62. The average Bonchev–Trinajstić information content (AvgIpc) is 2.24. The van der Waals surface area contributed by atoms with Crippen molar-refractivity contribution in [3.05, 3.63) is 0 Å². The van der Waals surface area contributed by atoms with Crippen molar-refractivity contribution in [2.24, 2.45) is 46.5 Å². The molecular formula is C15H24N2. The van der Waals surface area contributed by atoms with E-state index in [0.717, 1.165) is 36.0 Å². The summed E-state index contributed by atoms with van der Waals surface area (Å²) in [6, 6.07) is 0. The van der Waals surface area contributed by atoms with E-state index < -0.39 is 0 Å². The van der Waals surface area contributed by atoms with Gasteiger partial charge in [0, 0.05) is 11.1 Å². The van der Waals surface area contributed by atoms with Crippen LogP contribution in [0.25, 0.3) is 0 Å². The maximum absolute atomic E-state index is 6.92. The molecule has 0 aliphatic heterocycles. The van der Waals surface area contributed by atoms with Gasteiger partial charge in [0.2, 0.25) is 0 Å². The summed E-state index contributed by atoms with van der Waals surface area (Å²) in [4.78, 5) is 0. The third-order valence-corrected chi connectivity index (χ3v) is 7.86. The standard InChI is InChI=1S/C15H24N2/c1-13-4-8-2-9-11(13)5-14(16)6-12(13)10(3-8)15(9,17)7-14/h8-12H,2-7,16-17H2,1H3. The molecule has 8 bridgehead atoms. The molecule has 7 fully saturated rings. The van der Waals surface area contributed by atoms with Crippen molar-refractivity contribution in [3.8, 4) is 0 Å². The molecule has 7 rings (SSSR count). The molecule has 0 aromatic rings. The van der Waals surface area contributed by atoms with E-state index in [4.69, 9.17) is 11.5 Å². The van der Waals surface area contributed by atoms with Crippen LogP contribution in [-0.4, -0.2) is 11.1 Å². The second-order valence-electron chi connectivity index (χ2n) is 8.53. The molecular weight excluding hydrogens is 208 g/mol. The highest BCUT2D eigenvalue weighted by atomic mass is 15.0. The summed E-state index contributed by atoms with van der Waals surface area (Å²) in [6.07, 6.45) is 8.03. The number of rotatable bonds is 0. The molecule has 0 amide bonds. The molecule has 7 saturated carbocycles. The van der Waals surface area contributed by atoms with Crippen molar-refractivity contribution in [3.63, 3.8) is 0 Å². The number of hydrogen-bond donors (Lipinski definition) is 2. The van der Waals surface area contributed by atoms with Crippen LogP contribution < -0.4 is 11.5 Å². The SMILES string of the molecule is CC12CC3CC4C1CC1(N)CC2C(C3)C4(N)C1. The highest BCUT2D eigenvalue weighted by Crippen LogP contribution is 2.76. The monoisotopic (exact) mass is 232 g/mol. The molecule has 17 heavy (non-hydrogen) atoms. The van der Waals surface area contributed by atoms with Gasteiger partial charge in [0.15, 0.2) is 0 Å². The van der Waals surface area contributed by atoms with Crippen LogP contribution in [0.4, 0.5) is 0 Å².